The third-order valence-electron chi connectivity index (χ3n) is 2.86. The molecule has 0 unspecified atom stereocenters. The largest absolute Gasteiger partial charge is 0.264 e. The van der Waals surface area contributed by atoms with Gasteiger partial charge in [0.1, 0.15) is 0 Å². The second-order valence-corrected chi connectivity index (χ2v) is 5.47. The van der Waals surface area contributed by atoms with Crippen molar-refractivity contribution in [1.29, 1.82) is 0 Å². The van der Waals surface area contributed by atoms with Crippen LogP contribution in [0.5, 0.6) is 0 Å². The molecule has 8 heteroatoms. The van der Waals surface area contributed by atoms with Crippen LogP contribution in [0.3, 0.4) is 0 Å². The van der Waals surface area contributed by atoms with E-state index in [2.05, 4.69) is 20.3 Å². The second-order valence-electron chi connectivity index (χ2n) is 4.29. The molecule has 2 aromatic heterocycles. The fourth-order valence-electron chi connectivity index (χ4n) is 1.82. The Kier molecular flexibility index (Phi) is 4.33. The Morgan fingerprint density at radius 3 is 2.86 bits per heavy atom. The molecular formula is C14H9Cl2N5S. The zero-order valence-electron chi connectivity index (χ0n) is 11.1. The monoisotopic (exact) mass is 349 g/mol. The molecule has 5 nitrogen and oxygen atoms in total. The lowest BCUT2D eigenvalue weighted by molar-refractivity contribution is 0.871. The van der Waals surface area contributed by atoms with Gasteiger partial charge in [0, 0.05) is 23.5 Å². The van der Waals surface area contributed by atoms with E-state index in [9.17, 15) is 0 Å². The van der Waals surface area contributed by atoms with Crippen LogP contribution in [0.15, 0.2) is 47.8 Å². The van der Waals surface area contributed by atoms with Crippen molar-refractivity contribution in [2.45, 2.75) is 0 Å². The number of rotatable bonds is 3. The summed E-state index contributed by atoms with van der Waals surface area (Å²) in [7, 11) is 0. The van der Waals surface area contributed by atoms with E-state index in [4.69, 9.17) is 35.4 Å². The highest BCUT2D eigenvalue weighted by Gasteiger charge is 2.08. The maximum absolute atomic E-state index is 6.14. The lowest BCUT2D eigenvalue weighted by Crippen LogP contribution is -1.95. The van der Waals surface area contributed by atoms with Crippen molar-refractivity contribution < 1.29 is 0 Å². The standard InChI is InChI=1S/C14H9Cl2N5S/c15-11-5-1-3-9(12(11)16)8-18-21-13(19-20-14(21)22)10-4-2-6-17-7-10/h1-8H,(H,20,22)/b18-8-. The van der Waals surface area contributed by atoms with Crippen LogP contribution in [0.2, 0.25) is 10.0 Å². The van der Waals surface area contributed by atoms with Gasteiger partial charge < -0.3 is 0 Å². The highest BCUT2D eigenvalue weighted by Crippen LogP contribution is 2.24. The van der Waals surface area contributed by atoms with Crippen molar-refractivity contribution in [2.24, 2.45) is 5.10 Å². The first-order valence-corrected chi connectivity index (χ1v) is 7.39. The van der Waals surface area contributed by atoms with Crippen molar-refractivity contribution in [3.63, 3.8) is 0 Å². The summed E-state index contributed by atoms with van der Waals surface area (Å²) < 4.78 is 1.87. The molecule has 2 heterocycles. The van der Waals surface area contributed by atoms with E-state index in [1.807, 2.05) is 18.2 Å². The number of nitrogens with one attached hydrogen (secondary N) is 1. The minimum atomic E-state index is 0.369. The molecule has 0 bridgehead atoms. The second kappa shape index (κ2) is 6.39. The quantitative estimate of drug-likeness (QED) is 0.569. The van der Waals surface area contributed by atoms with Crippen LogP contribution in [0.25, 0.3) is 11.4 Å². The molecule has 0 aliphatic heterocycles. The molecule has 3 rings (SSSR count). The van der Waals surface area contributed by atoms with Crippen molar-refractivity contribution in [1.82, 2.24) is 19.9 Å². The molecule has 0 amide bonds. The van der Waals surface area contributed by atoms with Crippen LogP contribution in [0.4, 0.5) is 0 Å². The molecule has 0 saturated carbocycles. The number of H-pyrrole nitrogens is 1. The Hall–Kier alpha value is -2.02. The zero-order valence-corrected chi connectivity index (χ0v) is 13.4. The molecule has 22 heavy (non-hydrogen) atoms. The van der Waals surface area contributed by atoms with Crippen LogP contribution in [0.1, 0.15) is 5.56 Å². The molecule has 0 aliphatic rings. The van der Waals surface area contributed by atoms with Gasteiger partial charge in [0.05, 0.1) is 16.3 Å². The maximum Gasteiger partial charge on any atom is 0.216 e. The van der Waals surface area contributed by atoms with Crippen molar-refractivity contribution in [2.75, 3.05) is 0 Å². The van der Waals surface area contributed by atoms with E-state index in [1.165, 1.54) is 4.68 Å². The van der Waals surface area contributed by atoms with E-state index < -0.39 is 0 Å². The molecule has 1 aromatic carbocycles. The fourth-order valence-corrected chi connectivity index (χ4v) is 2.36. The van der Waals surface area contributed by atoms with Gasteiger partial charge in [-0.2, -0.15) is 14.9 Å². The number of halogens is 2. The predicted molar refractivity (Wildman–Crippen MR) is 90.1 cm³/mol. The van der Waals surface area contributed by atoms with E-state index in [1.54, 1.807) is 30.7 Å². The third kappa shape index (κ3) is 2.94. The molecule has 0 saturated heterocycles. The van der Waals surface area contributed by atoms with E-state index in [0.717, 1.165) is 5.56 Å². The summed E-state index contributed by atoms with van der Waals surface area (Å²) >= 11 is 17.3. The number of hydrogen-bond donors (Lipinski definition) is 1. The molecule has 1 N–H and O–H groups in total. The molecule has 0 spiro atoms. The number of benzene rings is 1. The Bertz CT molecular complexity index is 886. The Morgan fingerprint density at radius 2 is 2.09 bits per heavy atom. The van der Waals surface area contributed by atoms with Crippen molar-refractivity contribution >= 4 is 41.6 Å². The highest BCUT2D eigenvalue weighted by molar-refractivity contribution is 7.71. The molecule has 110 valence electrons. The SMILES string of the molecule is S=c1[nH]nc(-c2cccnc2)n1/N=C\c1cccc(Cl)c1Cl. The van der Waals surface area contributed by atoms with Crippen LogP contribution in [-0.2, 0) is 0 Å². The number of aromatic nitrogens is 4. The minimum Gasteiger partial charge on any atom is -0.264 e. The molecule has 0 atom stereocenters. The highest BCUT2D eigenvalue weighted by atomic mass is 35.5. The van der Waals surface area contributed by atoms with Gasteiger partial charge in [-0.15, -0.1) is 0 Å². The topological polar surface area (TPSA) is 58.9 Å². The summed E-state index contributed by atoms with van der Waals surface area (Å²) in [5, 5.41) is 12.1. The van der Waals surface area contributed by atoms with Crippen LogP contribution in [0, 0.1) is 4.77 Å². The molecular weight excluding hydrogens is 341 g/mol. The van der Waals surface area contributed by atoms with Gasteiger partial charge in [-0.25, -0.2) is 5.10 Å². The first-order chi connectivity index (χ1) is 10.7. The molecule has 0 fully saturated rings. The van der Waals surface area contributed by atoms with Gasteiger partial charge in [-0.3, -0.25) is 4.98 Å². The number of nitrogens with zero attached hydrogens (tertiary/aromatic N) is 4. The van der Waals surface area contributed by atoms with Gasteiger partial charge >= 0.3 is 0 Å². The molecule has 3 aromatic rings. The van der Waals surface area contributed by atoms with E-state index in [-0.39, 0.29) is 0 Å². The van der Waals surface area contributed by atoms with Gasteiger partial charge in [-0.05, 0) is 30.4 Å². The molecule has 0 radical (unpaired) electrons. The number of hydrogen-bond acceptors (Lipinski definition) is 4. The van der Waals surface area contributed by atoms with Crippen molar-refractivity contribution in [3.8, 4) is 11.4 Å². The fraction of sp³-hybridized carbons (Fsp3) is 0. The summed E-state index contributed by atoms with van der Waals surface area (Å²) in [6.45, 7) is 0. The van der Waals surface area contributed by atoms with E-state index >= 15 is 0 Å². The lowest BCUT2D eigenvalue weighted by atomic mass is 10.2. The zero-order chi connectivity index (χ0) is 15.5. The first kappa shape index (κ1) is 14.9. The number of aromatic amines is 1. The van der Waals surface area contributed by atoms with Gasteiger partial charge in [-0.1, -0.05) is 35.3 Å². The summed E-state index contributed by atoms with van der Waals surface area (Å²) in [6, 6.07) is 9.01. The average Bonchev–Trinajstić information content (AvgIpc) is 2.91. The Balaban J connectivity index is 2.03. The van der Waals surface area contributed by atoms with Crippen LogP contribution < -0.4 is 0 Å². The summed E-state index contributed by atoms with van der Waals surface area (Å²) in [5.74, 6) is 0.563. The van der Waals surface area contributed by atoms with Crippen LogP contribution >= 0.6 is 35.4 Å². The maximum atomic E-state index is 6.14. The third-order valence-corrected chi connectivity index (χ3v) is 3.96. The van der Waals surface area contributed by atoms with Crippen LogP contribution in [-0.4, -0.2) is 26.1 Å². The summed E-state index contributed by atoms with van der Waals surface area (Å²) in [4.78, 5) is 4.06. The molecule has 0 aliphatic carbocycles. The predicted octanol–water partition coefficient (Wildman–Crippen LogP) is 4.19. The normalized spacial score (nSPS) is 11.2. The van der Waals surface area contributed by atoms with Gasteiger partial charge in [0.25, 0.3) is 0 Å². The first-order valence-electron chi connectivity index (χ1n) is 6.23. The lowest BCUT2D eigenvalue weighted by Gasteiger charge is -2.02. The number of pyridine rings is 1. The van der Waals surface area contributed by atoms with Gasteiger partial charge in [0.2, 0.25) is 4.77 Å². The average molecular weight is 350 g/mol. The van der Waals surface area contributed by atoms with Crippen molar-refractivity contribution in [3.05, 3.63) is 63.1 Å². The smallest absolute Gasteiger partial charge is 0.216 e. The Morgan fingerprint density at radius 1 is 1.23 bits per heavy atom. The Labute approximate surface area is 141 Å². The summed E-state index contributed by atoms with van der Waals surface area (Å²) in [5.41, 5.74) is 1.48. The summed E-state index contributed by atoms with van der Waals surface area (Å²) in [6.07, 6.45) is 4.95. The minimum absolute atomic E-state index is 0.369. The van der Waals surface area contributed by atoms with E-state index in [0.29, 0.717) is 26.2 Å². The van der Waals surface area contributed by atoms with Gasteiger partial charge in [0.15, 0.2) is 5.82 Å².